The molecule has 0 fully saturated rings. The number of halogens is 1. The van der Waals surface area contributed by atoms with Gasteiger partial charge in [-0.25, -0.2) is 24.2 Å². The summed E-state index contributed by atoms with van der Waals surface area (Å²) in [4.78, 5) is 58.4. The number of aromatic nitrogens is 1. The molecule has 1 aromatic rings. The Kier molecular flexibility index (Phi) is 13.8. The molecule has 244 valence electrons. The fourth-order valence-corrected chi connectivity index (χ4v) is 5.39. The van der Waals surface area contributed by atoms with Gasteiger partial charge in [-0.2, -0.15) is 4.90 Å². The van der Waals surface area contributed by atoms with Crippen LogP contribution in [0.15, 0.2) is 39.7 Å². The Bertz CT molecular complexity index is 1240. The number of aryl methyl sites for hydroxylation is 1. The third-order valence-corrected chi connectivity index (χ3v) is 7.06. The quantitative estimate of drug-likeness (QED) is 0.227. The third kappa shape index (κ3) is 13.8. The van der Waals surface area contributed by atoms with Crippen molar-refractivity contribution in [1.29, 1.82) is 0 Å². The number of thiazole rings is 1. The maximum atomic E-state index is 13.6. The van der Waals surface area contributed by atoms with E-state index in [0.29, 0.717) is 25.7 Å². The van der Waals surface area contributed by atoms with Gasteiger partial charge in [-0.05, 0) is 92.1 Å². The highest BCUT2D eigenvalue weighted by atomic mass is 79.9. The number of rotatable bonds is 2. The highest BCUT2D eigenvalue weighted by Gasteiger charge is 2.41. The van der Waals surface area contributed by atoms with Crippen LogP contribution in [-0.4, -0.2) is 63.5 Å². The van der Waals surface area contributed by atoms with E-state index in [1.807, 2.05) is 25.3 Å². The van der Waals surface area contributed by atoms with Crippen LogP contribution in [-0.2, 0) is 41.4 Å². The lowest BCUT2D eigenvalue weighted by molar-refractivity contribution is -0.154. The maximum Gasteiger partial charge on any atom is 0.420 e. The predicted octanol–water partition coefficient (Wildman–Crippen LogP) is 7.60. The molecule has 0 unspecified atom stereocenters. The molecule has 0 saturated heterocycles. The second kappa shape index (κ2) is 16.4. The van der Waals surface area contributed by atoms with Crippen LogP contribution >= 0.6 is 27.3 Å². The summed E-state index contributed by atoms with van der Waals surface area (Å²) in [5.74, 6) is -1.25. The van der Waals surface area contributed by atoms with Crippen LogP contribution in [0.5, 0.6) is 0 Å². The third-order valence-electron chi connectivity index (χ3n) is 5.87. The van der Waals surface area contributed by atoms with Crippen molar-refractivity contribution in [2.45, 2.75) is 124 Å². The number of amides is 2. The molecule has 1 aliphatic heterocycles. The second-order valence-electron chi connectivity index (χ2n) is 12.7. The van der Waals surface area contributed by atoms with E-state index in [0.717, 1.165) is 25.7 Å². The number of nitrogens with zero attached hydrogens (tertiary/aromatic N) is 2. The molecule has 2 heterocycles. The smallest absolute Gasteiger partial charge is 0.420 e. The number of cyclic esters (lactones) is 2. The van der Waals surface area contributed by atoms with Crippen LogP contribution in [0.25, 0.3) is 0 Å². The van der Waals surface area contributed by atoms with Gasteiger partial charge < -0.3 is 18.9 Å². The van der Waals surface area contributed by atoms with Crippen molar-refractivity contribution < 1.29 is 38.1 Å². The van der Waals surface area contributed by atoms with Gasteiger partial charge in [-0.15, -0.1) is 11.3 Å². The van der Waals surface area contributed by atoms with Crippen molar-refractivity contribution in [3.8, 4) is 0 Å². The lowest BCUT2D eigenvalue weighted by Gasteiger charge is -2.33. The Labute approximate surface area is 273 Å². The first-order chi connectivity index (χ1) is 20.3. The van der Waals surface area contributed by atoms with Crippen molar-refractivity contribution in [2.75, 3.05) is 0 Å². The molecule has 44 heavy (non-hydrogen) atoms. The van der Waals surface area contributed by atoms with E-state index in [-0.39, 0.29) is 6.42 Å². The van der Waals surface area contributed by atoms with Crippen molar-refractivity contribution in [1.82, 2.24) is 9.88 Å². The number of carbonyl (C=O) groups is 4. The Morgan fingerprint density at radius 1 is 1.07 bits per heavy atom. The van der Waals surface area contributed by atoms with E-state index < -0.39 is 53.6 Å². The Morgan fingerprint density at radius 3 is 2.25 bits per heavy atom. The van der Waals surface area contributed by atoms with E-state index >= 15 is 0 Å². The monoisotopic (exact) mass is 696 g/mol. The van der Waals surface area contributed by atoms with Crippen LogP contribution in [0.1, 0.15) is 92.3 Å². The number of hydrogen-bond acceptors (Lipinski definition) is 10. The van der Waals surface area contributed by atoms with Crippen LogP contribution < -0.4 is 0 Å². The summed E-state index contributed by atoms with van der Waals surface area (Å²) >= 11 is 4.85. The van der Waals surface area contributed by atoms with Crippen LogP contribution in [0.2, 0.25) is 0 Å². The minimum atomic E-state index is -1.30. The predicted molar refractivity (Wildman–Crippen MR) is 172 cm³/mol. The standard InChI is InChI=1S/C32H45BrN2O8S/c1-20-12-10-15-27(36)41-24(17-21(2)33)18-26-34-23(19-44-26)13-11-14-25(28(37)40-22(3)16-20)35(29(38)42-31(4,5)6)30(39)43-32(7,8)9/h10,12,15,17,19,22,24-25H,11,13-14,16,18H2,1-9H3/b15-10-,20-12+,21-17+/t22-,24+,25-/m0/s1. The van der Waals surface area contributed by atoms with Crippen LogP contribution in [0.3, 0.4) is 0 Å². The molecule has 0 spiro atoms. The molecule has 0 aliphatic carbocycles. The molecular weight excluding hydrogens is 652 g/mol. The molecule has 0 N–H and O–H groups in total. The summed E-state index contributed by atoms with van der Waals surface area (Å²) in [6.45, 7) is 15.5. The lowest BCUT2D eigenvalue weighted by atomic mass is 10.1. The van der Waals surface area contributed by atoms with Crippen LogP contribution in [0, 0.1) is 0 Å². The molecule has 1 aromatic heterocycles. The van der Waals surface area contributed by atoms with Crippen LogP contribution in [0.4, 0.5) is 9.59 Å². The molecule has 0 aromatic carbocycles. The minimum Gasteiger partial charge on any atom is -0.461 e. The van der Waals surface area contributed by atoms with Gasteiger partial charge in [0.1, 0.15) is 29.5 Å². The Balaban J connectivity index is 2.49. The first kappa shape index (κ1) is 37.2. The van der Waals surface area contributed by atoms with Crippen molar-refractivity contribution >= 4 is 51.4 Å². The number of hydrogen-bond donors (Lipinski definition) is 0. The summed E-state index contributed by atoms with van der Waals surface area (Å²) < 4.78 is 23.3. The number of ether oxygens (including phenoxy) is 4. The number of esters is 2. The molecule has 12 heteroatoms. The zero-order valence-corrected chi connectivity index (χ0v) is 29.5. The molecular formula is C32H45BrN2O8S. The molecule has 2 rings (SSSR count). The van der Waals surface area contributed by atoms with Crippen molar-refractivity contribution in [3.63, 3.8) is 0 Å². The van der Waals surface area contributed by atoms with Gasteiger partial charge in [0.15, 0.2) is 0 Å². The highest BCUT2D eigenvalue weighted by molar-refractivity contribution is 9.11. The first-order valence-corrected chi connectivity index (χ1v) is 16.3. The van der Waals surface area contributed by atoms with Crippen molar-refractivity contribution in [2.24, 2.45) is 0 Å². The number of imide groups is 1. The summed E-state index contributed by atoms with van der Waals surface area (Å²) in [5.41, 5.74) is -0.252. The number of allylic oxidation sites excluding steroid dienone is 3. The van der Waals surface area contributed by atoms with E-state index in [9.17, 15) is 19.2 Å². The highest BCUT2D eigenvalue weighted by Crippen LogP contribution is 2.23. The van der Waals surface area contributed by atoms with Gasteiger partial charge in [0.2, 0.25) is 0 Å². The normalized spacial score (nSPS) is 23.5. The summed E-state index contributed by atoms with van der Waals surface area (Å²) in [6, 6.07) is -1.30. The van der Waals surface area contributed by atoms with Gasteiger partial charge in [-0.3, -0.25) is 0 Å². The summed E-state index contributed by atoms with van der Waals surface area (Å²) in [7, 11) is 0. The van der Waals surface area contributed by atoms with Crippen molar-refractivity contribution in [3.05, 3.63) is 50.4 Å². The molecule has 0 radical (unpaired) electrons. The minimum absolute atomic E-state index is 0.0974. The van der Waals surface area contributed by atoms with Gasteiger partial charge in [0.05, 0.1) is 10.7 Å². The molecule has 3 atom stereocenters. The van der Waals surface area contributed by atoms with Gasteiger partial charge in [-0.1, -0.05) is 33.7 Å². The zero-order chi connectivity index (χ0) is 33.2. The van der Waals surface area contributed by atoms with E-state index in [1.54, 1.807) is 60.6 Å². The SMILES string of the molecule is C/C(Br)=C\[C@@H]1Cc2nc(cs2)CCC[C@H](N(C(=O)OC(C)(C)C)C(=O)OC(C)(C)C)C(=O)O[C@@H](C)C/C(C)=C/C=C\C(=O)O1. The molecule has 0 saturated carbocycles. The second-order valence-corrected chi connectivity index (χ2v) is 14.9. The largest absolute Gasteiger partial charge is 0.461 e. The maximum absolute atomic E-state index is 13.6. The molecule has 2 bridgehead atoms. The van der Waals surface area contributed by atoms with E-state index in [2.05, 4.69) is 15.9 Å². The summed E-state index contributed by atoms with van der Waals surface area (Å²) in [6.07, 6.45) is 5.06. The average molecular weight is 698 g/mol. The van der Waals surface area contributed by atoms with Gasteiger partial charge >= 0.3 is 24.1 Å². The fourth-order valence-electron chi connectivity index (χ4n) is 4.22. The average Bonchev–Trinajstić information content (AvgIpc) is 3.26. The zero-order valence-electron chi connectivity index (χ0n) is 27.1. The van der Waals surface area contributed by atoms with Gasteiger partial charge in [0, 0.05) is 24.3 Å². The number of carbonyl (C=O) groups excluding carboxylic acids is 4. The topological polar surface area (TPSA) is 121 Å². The van der Waals surface area contributed by atoms with Gasteiger partial charge in [0.25, 0.3) is 0 Å². The van der Waals surface area contributed by atoms with E-state index in [1.165, 1.54) is 17.4 Å². The molecule has 2 amide bonds. The Morgan fingerprint density at radius 2 is 1.68 bits per heavy atom. The lowest BCUT2D eigenvalue weighted by Crippen LogP contribution is -2.52. The number of fused-ring (bicyclic) bond motifs is 2. The Hall–Kier alpha value is -2.99. The first-order valence-electron chi connectivity index (χ1n) is 14.6. The molecule has 1 aliphatic rings. The summed E-state index contributed by atoms with van der Waals surface area (Å²) in [5, 5.41) is 2.67. The fraction of sp³-hybridized carbons (Fsp3) is 0.594. The van der Waals surface area contributed by atoms with E-state index in [4.69, 9.17) is 23.9 Å². The molecule has 10 nitrogen and oxygen atoms in total.